The molecule has 2 aromatic heterocycles. The lowest BCUT2D eigenvalue weighted by atomic mass is 9.97. The highest BCUT2D eigenvalue weighted by Crippen LogP contribution is 2.43. The van der Waals surface area contributed by atoms with Crippen LogP contribution >= 0.6 is 11.6 Å². The van der Waals surface area contributed by atoms with Crippen molar-refractivity contribution in [3.05, 3.63) is 71.4 Å². The van der Waals surface area contributed by atoms with Gasteiger partial charge in [0.05, 0.1) is 22.9 Å². The Morgan fingerprint density at radius 1 is 1.00 bits per heavy atom. The van der Waals surface area contributed by atoms with Crippen molar-refractivity contribution < 1.29 is 9.53 Å². The van der Waals surface area contributed by atoms with Gasteiger partial charge in [-0.1, -0.05) is 35.9 Å². The number of hydrogen-bond donors (Lipinski definition) is 0. The topological polar surface area (TPSA) is 50.6 Å². The van der Waals surface area contributed by atoms with Crippen LogP contribution < -0.4 is 4.90 Å². The van der Waals surface area contributed by atoms with E-state index in [9.17, 15) is 4.79 Å². The third-order valence-corrected chi connectivity index (χ3v) is 7.01. The largest absolute Gasteiger partial charge is 0.462 e. The predicted octanol–water partition coefficient (Wildman–Crippen LogP) is 5.49. The molecule has 0 aliphatic carbocycles. The second kappa shape index (κ2) is 9.72. The second-order valence-corrected chi connectivity index (χ2v) is 9.32. The first kappa shape index (κ1) is 23.4. The number of nitrogens with zero attached hydrogens (tertiary/aromatic N) is 4. The van der Waals surface area contributed by atoms with E-state index in [1.807, 2.05) is 38.2 Å². The smallest absolute Gasteiger partial charge is 0.338 e. The maximum absolute atomic E-state index is 12.5. The van der Waals surface area contributed by atoms with Crippen molar-refractivity contribution in [3.63, 3.8) is 0 Å². The number of aryl methyl sites for hydroxylation is 1. The molecule has 0 amide bonds. The Hall–Kier alpha value is -3.35. The van der Waals surface area contributed by atoms with Crippen LogP contribution in [0.2, 0.25) is 5.02 Å². The molecule has 1 fully saturated rings. The van der Waals surface area contributed by atoms with Gasteiger partial charge in [-0.15, -0.1) is 0 Å². The van der Waals surface area contributed by atoms with Gasteiger partial charge in [-0.05, 0) is 55.4 Å². The van der Waals surface area contributed by atoms with Crippen molar-refractivity contribution in [1.29, 1.82) is 0 Å². The monoisotopic (exact) mass is 488 g/mol. The van der Waals surface area contributed by atoms with Crippen molar-refractivity contribution in [2.45, 2.75) is 6.92 Å². The van der Waals surface area contributed by atoms with Gasteiger partial charge in [-0.25, -0.2) is 9.78 Å². The molecule has 0 spiro atoms. The van der Waals surface area contributed by atoms with E-state index in [1.165, 1.54) is 5.69 Å². The highest BCUT2D eigenvalue weighted by Gasteiger charge is 2.23. The van der Waals surface area contributed by atoms with Gasteiger partial charge in [-0.3, -0.25) is 0 Å². The fraction of sp³-hybridized carbons (Fsp3) is 0.286. The van der Waals surface area contributed by atoms with E-state index < -0.39 is 0 Å². The molecule has 5 rings (SSSR count). The third kappa shape index (κ3) is 4.40. The summed E-state index contributed by atoms with van der Waals surface area (Å²) in [5, 5.41) is 1.50. The van der Waals surface area contributed by atoms with Crippen LogP contribution in [0, 0.1) is 0 Å². The summed E-state index contributed by atoms with van der Waals surface area (Å²) in [5.41, 5.74) is 6.46. The van der Waals surface area contributed by atoms with Gasteiger partial charge in [0.1, 0.15) is 5.65 Å². The van der Waals surface area contributed by atoms with Crippen LogP contribution in [-0.4, -0.2) is 60.3 Å². The number of esters is 1. The number of rotatable bonds is 5. The molecule has 0 atom stereocenters. The third-order valence-electron chi connectivity index (χ3n) is 6.69. The lowest BCUT2D eigenvalue weighted by Gasteiger charge is -2.34. The van der Waals surface area contributed by atoms with Gasteiger partial charge in [0, 0.05) is 56.1 Å². The molecule has 180 valence electrons. The molecule has 0 bridgehead atoms. The van der Waals surface area contributed by atoms with Crippen molar-refractivity contribution in [1.82, 2.24) is 14.5 Å². The summed E-state index contributed by atoms with van der Waals surface area (Å²) in [6.07, 6.45) is 1.73. The van der Waals surface area contributed by atoms with Gasteiger partial charge in [-0.2, -0.15) is 0 Å². The number of carbonyl (C=O) groups is 1. The number of piperazine rings is 1. The summed E-state index contributed by atoms with van der Waals surface area (Å²) in [6.45, 7) is 6.32. The van der Waals surface area contributed by atoms with Crippen LogP contribution in [0.5, 0.6) is 0 Å². The zero-order valence-electron chi connectivity index (χ0n) is 20.3. The molecule has 1 aliphatic heterocycles. The SMILES string of the molecule is CCOC(=O)c1cccc(-c2c(-c3ccc(N4CCN(C)CC4)cc3)n(C)c3nccc(Cl)c23)c1. The number of anilines is 1. The fourth-order valence-electron chi connectivity index (χ4n) is 4.84. The maximum Gasteiger partial charge on any atom is 0.338 e. The normalized spacial score (nSPS) is 14.5. The van der Waals surface area contributed by atoms with Gasteiger partial charge in [0.2, 0.25) is 0 Å². The van der Waals surface area contributed by atoms with Crippen molar-refractivity contribution in [2.75, 3.05) is 44.7 Å². The molecule has 1 saturated heterocycles. The fourth-order valence-corrected chi connectivity index (χ4v) is 5.07. The minimum atomic E-state index is -0.336. The minimum absolute atomic E-state index is 0.331. The molecule has 0 unspecified atom stereocenters. The number of fused-ring (bicyclic) bond motifs is 1. The van der Waals surface area contributed by atoms with Crippen molar-refractivity contribution in [3.8, 4) is 22.4 Å². The molecule has 0 N–H and O–H groups in total. The van der Waals surface area contributed by atoms with Crippen LogP contribution in [-0.2, 0) is 11.8 Å². The molecular formula is C28H29ClN4O2. The standard InChI is InChI=1S/C28H29ClN4O2/c1-4-35-28(34)21-7-5-6-20(18-21)24-25-23(29)12-13-30-27(25)32(3)26(24)19-8-10-22(11-9-19)33-16-14-31(2)15-17-33/h5-13,18H,4,14-17H2,1-3H3. The van der Waals surface area contributed by atoms with Gasteiger partial charge >= 0.3 is 5.97 Å². The summed E-state index contributed by atoms with van der Waals surface area (Å²) < 4.78 is 7.32. The van der Waals surface area contributed by atoms with E-state index in [4.69, 9.17) is 16.3 Å². The number of aromatic nitrogens is 2. The Morgan fingerprint density at radius 3 is 2.46 bits per heavy atom. The molecule has 0 radical (unpaired) electrons. The summed E-state index contributed by atoms with van der Waals surface area (Å²) >= 11 is 6.72. The zero-order chi connectivity index (χ0) is 24.5. The average Bonchev–Trinajstić information content (AvgIpc) is 3.18. The lowest BCUT2D eigenvalue weighted by Crippen LogP contribution is -2.44. The Balaban J connectivity index is 1.64. The molecule has 0 saturated carbocycles. The molecular weight excluding hydrogens is 460 g/mol. The van der Waals surface area contributed by atoms with Crippen LogP contribution in [0.4, 0.5) is 5.69 Å². The van der Waals surface area contributed by atoms with E-state index in [0.29, 0.717) is 17.2 Å². The highest BCUT2D eigenvalue weighted by molar-refractivity contribution is 6.37. The number of likely N-dealkylation sites (N-methyl/N-ethyl adjacent to an activating group) is 1. The van der Waals surface area contributed by atoms with E-state index in [1.54, 1.807) is 12.3 Å². The van der Waals surface area contributed by atoms with Crippen LogP contribution in [0.1, 0.15) is 17.3 Å². The highest BCUT2D eigenvalue weighted by atomic mass is 35.5. The van der Waals surface area contributed by atoms with Gasteiger partial charge in [0.15, 0.2) is 0 Å². The van der Waals surface area contributed by atoms with E-state index in [2.05, 4.69) is 50.7 Å². The van der Waals surface area contributed by atoms with Gasteiger partial charge in [0.25, 0.3) is 0 Å². The molecule has 1 aliphatic rings. The Labute approximate surface area is 210 Å². The molecule has 4 aromatic rings. The first-order chi connectivity index (χ1) is 17.0. The van der Waals surface area contributed by atoms with Crippen LogP contribution in [0.25, 0.3) is 33.4 Å². The second-order valence-electron chi connectivity index (χ2n) is 8.91. The van der Waals surface area contributed by atoms with E-state index >= 15 is 0 Å². The van der Waals surface area contributed by atoms with Crippen LogP contribution in [0.3, 0.4) is 0 Å². The number of ether oxygens (including phenoxy) is 1. The lowest BCUT2D eigenvalue weighted by molar-refractivity contribution is 0.0526. The molecule has 6 nitrogen and oxygen atoms in total. The summed E-state index contributed by atoms with van der Waals surface area (Å²) in [6, 6.07) is 18.0. The van der Waals surface area contributed by atoms with E-state index in [-0.39, 0.29) is 5.97 Å². The Morgan fingerprint density at radius 2 is 1.74 bits per heavy atom. The van der Waals surface area contributed by atoms with Crippen molar-refractivity contribution >= 4 is 34.3 Å². The summed E-state index contributed by atoms with van der Waals surface area (Å²) in [5.74, 6) is -0.336. The first-order valence-corrected chi connectivity index (χ1v) is 12.3. The average molecular weight is 489 g/mol. The maximum atomic E-state index is 12.5. The van der Waals surface area contributed by atoms with Crippen molar-refractivity contribution in [2.24, 2.45) is 7.05 Å². The quantitative estimate of drug-likeness (QED) is 0.348. The number of carbonyl (C=O) groups excluding carboxylic acids is 1. The number of hydrogen-bond acceptors (Lipinski definition) is 5. The number of benzene rings is 2. The molecule has 2 aromatic carbocycles. The zero-order valence-corrected chi connectivity index (χ0v) is 21.0. The molecule has 35 heavy (non-hydrogen) atoms. The number of pyridine rings is 1. The predicted molar refractivity (Wildman–Crippen MR) is 142 cm³/mol. The first-order valence-electron chi connectivity index (χ1n) is 11.9. The Kier molecular flexibility index (Phi) is 6.50. The number of halogens is 1. The van der Waals surface area contributed by atoms with E-state index in [0.717, 1.165) is 59.6 Å². The van der Waals surface area contributed by atoms with Gasteiger partial charge < -0.3 is 19.1 Å². The Bertz CT molecular complexity index is 1370. The molecule has 7 heteroatoms. The summed E-state index contributed by atoms with van der Waals surface area (Å²) in [7, 11) is 4.17. The summed E-state index contributed by atoms with van der Waals surface area (Å²) in [4.78, 5) is 21.9. The van der Waals surface area contributed by atoms with Crippen LogP contribution in [0.15, 0.2) is 60.8 Å². The minimum Gasteiger partial charge on any atom is -0.462 e. The molecule has 3 heterocycles.